The summed E-state index contributed by atoms with van der Waals surface area (Å²) in [6, 6.07) is 0.452. The fraction of sp³-hybridized carbons (Fsp3) is 0.938. The molecule has 0 aromatic heterocycles. The van der Waals surface area contributed by atoms with Crippen molar-refractivity contribution in [3.05, 3.63) is 0 Å². The van der Waals surface area contributed by atoms with Crippen molar-refractivity contribution in [3.8, 4) is 0 Å². The molecule has 21 heavy (non-hydrogen) atoms. The standard InChI is InChI=1S/C16H30N2O3/c1-5-17-16(15(19)21-4)8-6-13(10-16)18-9-7-12(2)14(11-18)20-3/h12-14,17H,5-11H2,1-4H3. The Kier molecular flexibility index (Phi) is 5.63. The summed E-state index contributed by atoms with van der Waals surface area (Å²) in [6.45, 7) is 7.18. The van der Waals surface area contributed by atoms with Gasteiger partial charge in [-0.3, -0.25) is 9.69 Å². The van der Waals surface area contributed by atoms with E-state index in [0.717, 1.165) is 38.9 Å². The highest BCUT2D eigenvalue weighted by atomic mass is 16.5. The molecule has 0 spiro atoms. The van der Waals surface area contributed by atoms with E-state index in [0.29, 0.717) is 18.1 Å². The van der Waals surface area contributed by atoms with Gasteiger partial charge in [0.05, 0.1) is 13.2 Å². The second-order valence-corrected chi connectivity index (χ2v) is 6.54. The number of hydrogen-bond donors (Lipinski definition) is 1. The lowest BCUT2D eigenvalue weighted by Crippen LogP contribution is -2.53. The number of likely N-dealkylation sites (tertiary alicyclic amines) is 1. The van der Waals surface area contributed by atoms with Crippen molar-refractivity contribution < 1.29 is 14.3 Å². The first kappa shape index (κ1) is 16.7. The molecule has 1 heterocycles. The van der Waals surface area contributed by atoms with Crippen LogP contribution in [0.25, 0.3) is 0 Å². The van der Waals surface area contributed by atoms with E-state index in [4.69, 9.17) is 9.47 Å². The fourth-order valence-corrected chi connectivity index (χ4v) is 3.98. The number of likely N-dealkylation sites (N-methyl/N-ethyl adjacent to an activating group) is 1. The van der Waals surface area contributed by atoms with Crippen LogP contribution in [0.15, 0.2) is 0 Å². The number of methoxy groups -OCH3 is 2. The smallest absolute Gasteiger partial charge is 0.326 e. The highest BCUT2D eigenvalue weighted by molar-refractivity contribution is 5.81. The Morgan fingerprint density at radius 3 is 2.76 bits per heavy atom. The number of carbonyl (C=O) groups excluding carboxylic acids is 1. The van der Waals surface area contributed by atoms with Crippen molar-refractivity contribution in [1.29, 1.82) is 0 Å². The summed E-state index contributed by atoms with van der Waals surface area (Å²) in [5, 5.41) is 3.38. The van der Waals surface area contributed by atoms with E-state index >= 15 is 0 Å². The number of piperidine rings is 1. The molecule has 1 saturated heterocycles. The highest BCUT2D eigenvalue weighted by Crippen LogP contribution is 2.36. The van der Waals surface area contributed by atoms with E-state index in [1.54, 1.807) is 7.11 Å². The molecule has 4 atom stereocenters. The van der Waals surface area contributed by atoms with Crippen molar-refractivity contribution in [2.45, 2.75) is 57.2 Å². The van der Waals surface area contributed by atoms with Gasteiger partial charge < -0.3 is 14.8 Å². The van der Waals surface area contributed by atoms with Crippen LogP contribution >= 0.6 is 0 Å². The van der Waals surface area contributed by atoms with E-state index in [9.17, 15) is 4.79 Å². The number of nitrogens with zero attached hydrogens (tertiary/aromatic N) is 1. The van der Waals surface area contributed by atoms with Crippen LogP contribution in [0, 0.1) is 5.92 Å². The molecule has 5 heteroatoms. The van der Waals surface area contributed by atoms with Crippen molar-refractivity contribution in [2.75, 3.05) is 33.9 Å². The molecule has 1 N–H and O–H groups in total. The average Bonchev–Trinajstić information content (AvgIpc) is 2.92. The summed E-state index contributed by atoms with van der Waals surface area (Å²) >= 11 is 0. The van der Waals surface area contributed by atoms with Gasteiger partial charge in [-0.1, -0.05) is 13.8 Å². The molecule has 0 aromatic carbocycles. The largest absolute Gasteiger partial charge is 0.468 e. The monoisotopic (exact) mass is 298 g/mol. The summed E-state index contributed by atoms with van der Waals surface area (Å²) in [7, 11) is 3.29. The van der Waals surface area contributed by atoms with Crippen molar-refractivity contribution in [3.63, 3.8) is 0 Å². The van der Waals surface area contributed by atoms with E-state index in [1.165, 1.54) is 13.5 Å². The van der Waals surface area contributed by atoms with Gasteiger partial charge >= 0.3 is 5.97 Å². The van der Waals surface area contributed by atoms with Gasteiger partial charge in [0.15, 0.2) is 0 Å². The van der Waals surface area contributed by atoms with Gasteiger partial charge in [0.25, 0.3) is 0 Å². The zero-order valence-electron chi connectivity index (χ0n) is 13.9. The van der Waals surface area contributed by atoms with E-state index in [-0.39, 0.29) is 5.97 Å². The topological polar surface area (TPSA) is 50.8 Å². The molecule has 0 bridgehead atoms. The summed E-state index contributed by atoms with van der Waals surface area (Å²) in [5.74, 6) is 0.507. The molecule has 1 aliphatic heterocycles. The Labute approximate surface area is 128 Å². The van der Waals surface area contributed by atoms with Crippen LogP contribution in [-0.4, -0.2) is 62.4 Å². The third-order valence-electron chi connectivity index (χ3n) is 5.32. The third-order valence-corrected chi connectivity index (χ3v) is 5.32. The summed E-state index contributed by atoms with van der Waals surface area (Å²) in [5.41, 5.74) is -0.486. The van der Waals surface area contributed by atoms with Gasteiger partial charge in [0.2, 0.25) is 0 Å². The Hall–Kier alpha value is -0.650. The maximum Gasteiger partial charge on any atom is 0.326 e. The van der Waals surface area contributed by atoms with Crippen molar-refractivity contribution >= 4 is 5.97 Å². The van der Waals surface area contributed by atoms with E-state index in [2.05, 4.69) is 17.1 Å². The Balaban J connectivity index is 2.02. The molecule has 1 aliphatic carbocycles. The molecule has 5 nitrogen and oxygen atoms in total. The minimum Gasteiger partial charge on any atom is -0.468 e. The molecule has 2 aliphatic rings. The lowest BCUT2D eigenvalue weighted by molar-refractivity contribution is -0.148. The van der Waals surface area contributed by atoms with Crippen LogP contribution in [0.2, 0.25) is 0 Å². The van der Waals surface area contributed by atoms with Gasteiger partial charge in [-0.2, -0.15) is 0 Å². The Morgan fingerprint density at radius 2 is 2.14 bits per heavy atom. The third kappa shape index (κ3) is 3.41. The average molecular weight is 298 g/mol. The van der Waals surface area contributed by atoms with Crippen LogP contribution in [-0.2, 0) is 14.3 Å². The van der Waals surface area contributed by atoms with Crippen molar-refractivity contribution in [2.24, 2.45) is 5.92 Å². The molecule has 4 unspecified atom stereocenters. The molecular formula is C16H30N2O3. The second-order valence-electron chi connectivity index (χ2n) is 6.54. The number of carbonyl (C=O) groups is 1. The van der Waals surface area contributed by atoms with Crippen LogP contribution < -0.4 is 5.32 Å². The summed E-state index contributed by atoms with van der Waals surface area (Å²) in [4.78, 5) is 14.7. The zero-order chi connectivity index (χ0) is 15.5. The van der Waals surface area contributed by atoms with Gasteiger partial charge in [-0.15, -0.1) is 0 Å². The Bertz CT molecular complexity index is 363. The van der Waals surface area contributed by atoms with E-state index < -0.39 is 5.54 Å². The zero-order valence-corrected chi connectivity index (χ0v) is 13.9. The lowest BCUT2D eigenvalue weighted by Gasteiger charge is -2.40. The molecule has 2 rings (SSSR count). The maximum atomic E-state index is 12.2. The quantitative estimate of drug-likeness (QED) is 0.778. The van der Waals surface area contributed by atoms with Gasteiger partial charge in [-0.05, 0) is 44.7 Å². The first-order valence-electron chi connectivity index (χ1n) is 8.16. The molecular weight excluding hydrogens is 268 g/mol. The number of ether oxygens (including phenoxy) is 2. The SMILES string of the molecule is CCNC1(C(=O)OC)CCC(N2CCC(C)C(OC)C2)C1. The molecule has 2 fully saturated rings. The second kappa shape index (κ2) is 7.07. The summed E-state index contributed by atoms with van der Waals surface area (Å²) in [6.07, 6.45) is 4.24. The predicted molar refractivity (Wildman–Crippen MR) is 82.2 cm³/mol. The van der Waals surface area contributed by atoms with Crippen LogP contribution in [0.5, 0.6) is 0 Å². The van der Waals surface area contributed by atoms with Gasteiger partial charge in [0, 0.05) is 19.7 Å². The number of esters is 1. The number of hydrogen-bond acceptors (Lipinski definition) is 5. The summed E-state index contributed by atoms with van der Waals surface area (Å²) < 4.78 is 10.7. The van der Waals surface area contributed by atoms with Crippen LogP contribution in [0.4, 0.5) is 0 Å². The molecule has 122 valence electrons. The van der Waals surface area contributed by atoms with Gasteiger partial charge in [0.1, 0.15) is 5.54 Å². The number of rotatable bonds is 5. The van der Waals surface area contributed by atoms with Crippen LogP contribution in [0.3, 0.4) is 0 Å². The van der Waals surface area contributed by atoms with Crippen molar-refractivity contribution in [1.82, 2.24) is 10.2 Å². The van der Waals surface area contributed by atoms with Gasteiger partial charge in [-0.25, -0.2) is 0 Å². The highest BCUT2D eigenvalue weighted by Gasteiger charge is 2.48. The molecule has 0 aromatic rings. The first-order valence-corrected chi connectivity index (χ1v) is 8.16. The molecule has 0 radical (unpaired) electrons. The predicted octanol–water partition coefficient (Wildman–Crippen LogP) is 1.42. The molecule has 1 saturated carbocycles. The fourth-order valence-electron chi connectivity index (χ4n) is 3.98. The minimum atomic E-state index is -0.486. The lowest BCUT2D eigenvalue weighted by atomic mass is 9.93. The van der Waals surface area contributed by atoms with E-state index in [1.807, 2.05) is 6.92 Å². The number of nitrogens with one attached hydrogen (secondary N) is 1. The van der Waals surface area contributed by atoms with Crippen LogP contribution in [0.1, 0.15) is 39.5 Å². The molecule has 0 amide bonds. The first-order chi connectivity index (χ1) is 10.1. The normalized spacial score (nSPS) is 37.6. The maximum absolute atomic E-state index is 12.2. The minimum absolute atomic E-state index is 0.111. The Morgan fingerprint density at radius 1 is 1.38 bits per heavy atom.